The highest BCUT2D eigenvalue weighted by molar-refractivity contribution is 5.86. The molecule has 0 unspecified atom stereocenters. The van der Waals surface area contributed by atoms with E-state index in [-0.39, 0.29) is 18.1 Å². The van der Waals surface area contributed by atoms with E-state index in [0.29, 0.717) is 32.7 Å². The zero-order valence-corrected chi connectivity index (χ0v) is 15.8. The molecule has 2 saturated heterocycles. The van der Waals surface area contributed by atoms with Crippen molar-refractivity contribution in [3.8, 4) is 0 Å². The highest BCUT2D eigenvalue weighted by Gasteiger charge is 2.42. The van der Waals surface area contributed by atoms with Crippen molar-refractivity contribution in [1.29, 1.82) is 0 Å². The summed E-state index contributed by atoms with van der Waals surface area (Å²) in [4.78, 5) is 29.5. The maximum Gasteiger partial charge on any atom is 0.225 e. The summed E-state index contributed by atoms with van der Waals surface area (Å²) in [5.74, 6) is 1.78. The van der Waals surface area contributed by atoms with Gasteiger partial charge >= 0.3 is 0 Å². The monoisotopic (exact) mass is 377 g/mol. The van der Waals surface area contributed by atoms with Gasteiger partial charge in [0.15, 0.2) is 5.82 Å². The molecular formula is C21H23N5O2. The van der Waals surface area contributed by atoms with Crippen LogP contribution in [0.1, 0.15) is 17.8 Å². The minimum atomic E-state index is -0.0181. The van der Waals surface area contributed by atoms with Gasteiger partial charge in [0.1, 0.15) is 11.3 Å². The van der Waals surface area contributed by atoms with Crippen LogP contribution >= 0.6 is 0 Å². The SMILES string of the molecule is Cc1nc(N2C[C@@H]3OCCC(=O)N(Cc4ccccc4)[C@H]3C2)c2[nH]ccc2n1. The van der Waals surface area contributed by atoms with Crippen LogP contribution < -0.4 is 4.90 Å². The fourth-order valence-corrected chi connectivity index (χ4v) is 4.28. The largest absolute Gasteiger partial charge is 0.374 e. The molecule has 3 aromatic rings. The van der Waals surface area contributed by atoms with Crippen molar-refractivity contribution in [3.05, 3.63) is 54.0 Å². The first-order valence-electron chi connectivity index (χ1n) is 9.71. The van der Waals surface area contributed by atoms with Gasteiger partial charge < -0.3 is 19.5 Å². The zero-order chi connectivity index (χ0) is 19.1. The van der Waals surface area contributed by atoms with Crippen LogP contribution in [0.25, 0.3) is 11.0 Å². The third-order valence-corrected chi connectivity index (χ3v) is 5.60. The summed E-state index contributed by atoms with van der Waals surface area (Å²) >= 11 is 0. The van der Waals surface area contributed by atoms with E-state index >= 15 is 0 Å². The molecule has 144 valence electrons. The summed E-state index contributed by atoms with van der Waals surface area (Å²) in [5.41, 5.74) is 2.98. The van der Waals surface area contributed by atoms with Crippen LogP contribution in [-0.2, 0) is 16.1 Å². The van der Waals surface area contributed by atoms with Crippen molar-refractivity contribution in [2.24, 2.45) is 0 Å². The van der Waals surface area contributed by atoms with Crippen molar-refractivity contribution in [3.63, 3.8) is 0 Å². The standard InChI is InChI=1S/C21H23N5O2/c1-14-23-16-7-9-22-20(16)21(24-14)25-12-17-18(13-25)28-10-8-19(27)26(17)11-15-5-3-2-4-6-15/h2-7,9,17-18,22H,8,10-13H2,1H3/t17-,18-/m0/s1. The summed E-state index contributed by atoms with van der Waals surface area (Å²) < 4.78 is 6.08. The number of carbonyl (C=O) groups excluding carboxylic acids is 1. The Morgan fingerprint density at radius 2 is 2.04 bits per heavy atom. The first-order valence-corrected chi connectivity index (χ1v) is 9.71. The van der Waals surface area contributed by atoms with Gasteiger partial charge in [-0.1, -0.05) is 30.3 Å². The smallest absolute Gasteiger partial charge is 0.225 e. The van der Waals surface area contributed by atoms with Crippen LogP contribution in [0.5, 0.6) is 0 Å². The molecule has 1 amide bonds. The second kappa shape index (κ2) is 6.91. The van der Waals surface area contributed by atoms with Gasteiger partial charge in [-0.3, -0.25) is 4.79 Å². The van der Waals surface area contributed by atoms with Crippen molar-refractivity contribution < 1.29 is 9.53 Å². The van der Waals surface area contributed by atoms with E-state index in [9.17, 15) is 4.79 Å². The fourth-order valence-electron chi connectivity index (χ4n) is 4.28. The molecule has 7 nitrogen and oxygen atoms in total. The Balaban J connectivity index is 1.46. The molecule has 2 aliphatic rings. The summed E-state index contributed by atoms with van der Waals surface area (Å²) in [6.07, 6.45) is 2.31. The molecule has 28 heavy (non-hydrogen) atoms. The molecule has 2 aliphatic heterocycles. The molecule has 0 spiro atoms. The number of aryl methyl sites for hydroxylation is 1. The number of hydrogen-bond donors (Lipinski definition) is 1. The highest BCUT2D eigenvalue weighted by atomic mass is 16.5. The molecule has 0 saturated carbocycles. The van der Waals surface area contributed by atoms with Crippen LogP contribution in [0.4, 0.5) is 5.82 Å². The predicted molar refractivity (Wildman–Crippen MR) is 106 cm³/mol. The molecular weight excluding hydrogens is 354 g/mol. The Hall–Kier alpha value is -2.93. The first-order chi connectivity index (χ1) is 13.7. The van der Waals surface area contributed by atoms with Crippen molar-refractivity contribution >= 4 is 22.8 Å². The van der Waals surface area contributed by atoms with E-state index in [1.165, 1.54) is 0 Å². The maximum absolute atomic E-state index is 12.8. The number of fused-ring (bicyclic) bond motifs is 2. The Labute approximate surface area is 163 Å². The Morgan fingerprint density at radius 3 is 2.89 bits per heavy atom. The van der Waals surface area contributed by atoms with E-state index in [1.807, 2.05) is 42.3 Å². The lowest BCUT2D eigenvalue weighted by Gasteiger charge is -2.29. The molecule has 2 atom stereocenters. The number of aromatic nitrogens is 3. The van der Waals surface area contributed by atoms with Crippen LogP contribution in [0.15, 0.2) is 42.6 Å². The molecule has 1 N–H and O–H groups in total. The predicted octanol–water partition coefficient (Wildman–Crippen LogP) is 2.27. The third-order valence-electron chi connectivity index (χ3n) is 5.60. The molecule has 4 heterocycles. The number of rotatable bonds is 3. The molecule has 7 heteroatoms. The number of H-pyrrole nitrogens is 1. The highest BCUT2D eigenvalue weighted by Crippen LogP contribution is 2.31. The Morgan fingerprint density at radius 1 is 1.18 bits per heavy atom. The number of hydrogen-bond acceptors (Lipinski definition) is 5. The second-order valence-corrected chi connectivity index (χ2v) is 7.47. The van der Waals surface area contributed by atoms with E-state index < -0.39 is 0 Å². The van der Waals surface area contributed by atoms with Gasteiger partial charge in [-0.2, -0.15) is 0 Å². The molecule has 1 aromatic carbocycles. The van der Waals surface area contributed by atoms with Gasteiger partial charge in [0.05, 0.1) is 30.7 Å². The van der Waals surface area contributed by atoms with Crippen molar-refractivity contribution in [2.45, 2.75) is 32.0 Å². The average Bonchev–Trinajstić information content (AvgIpc) is 3.30. The maximum atomic E-state index is 12.8. The summed E-state index contributed by atoms with van der Waals surface area (Å²) in [6.45, 7) is 4.41. The van der Waals surface area contributed by atoms with Gasteiger partial charge in [0.25, 0.3) is 0 Å². The summed E-state index contributed by atoms with van der Waals surface area (Å²) in [6, 6.07) is 12.1. The molecule has 0 aliphatic carbocycles. The Bertz CT molecular complexity index is 1000. The lowest BCUT2D eigenvalue weighted by Crippen LogP contribution is -2.45. The first kappa shape index (κ1) is 17.2. The lowest BCUT2D eigenvalue weighted by molar-refractivity contribution is -0.133. The number of nitrogens with zero attached hydrogens (tertiary/aromatic N) is 4. The third kappa shape index (κ3) is 3.01. The van der Waals surface area contributed by atoms with E-state index in [4.69, 9.17) is 4.74 Å². The number of aromatic amines is 1. The van der Waals surface area contributed by atoms with Crippen LogP contribution in [0, 0.1) is 6.92 Å². The number of benzene rings is 1. The number of ether oxygens (including phenoxy) is 1. The second-order valence-electron chi connectivity index (χ2n) is 7.47. The van der Waals surface area contributed by atoms with Crippen molar-refractivity contribution in [1.82, 2.24) is 19.9 Å². The van der Waals surface area contributed by atoms with E-state index in [0.717, 1.165) is 28.2 Å². The topological polar surface area (TPSA) is 74.4 Å². The molecule has 0 bridgehead atoms. The zero-order valence-electron chi connectivity index (χ0n) is 15.8. The van der Waals surface area contributed by atoms with E-state index in [2.05, 4.69) is 32.0 Å². The minimum Gasteiger partial charge on any atom is -0.374 e. The number of nitrogens with one attached hydrogen (secondary N) is 1. The van der Waals surface area contributed by atoms with Crippen molar-refractivity contribution in [2.75, 3.05) is 24.6 Å². The number of carbonyl (C=O) groups is 1. The molecule has 0 radical (unpaired) electrons. The van der Waals surface area contributed by atoms with Gasteiger partial charge in [-0.15, -0.1) is 0 Å². The van der Waals surface area contributed by atoms with Crippen LogP contribution in [-0.4, -0.2) is 57.6 Å². The van der Waals surface area contributed by atoms with Crippen LogP contribution in [0.2, 0.25) is 0 Å². The summed E-state index contributed by atoms with van der Waals surface area (Å²) in [7, 11) is 0. The molecule has 2 aromatic heterocycles. The molecule has 2 fully saturated rings. The quantitative estimate of drug-likeness (QED) is 0.758. The number of amides is 1. The van der Waals surface area contributed by atoms with Crippen LogP contribution in [0.3, 0.4) is 0 Å². The van der Waals surface area contributed by atoms with Gasteiger partial charge in [-0.25, -0.2) is 9.97 Å². The minimum absolute atomic E-state index is 0.00971. The van der Waals surface area contributed by atoms with E-state index in [1.54, 1.807) is 0 Å². The average molecular weight is 377 g/mol. The fraction of sp³-hybridized carbons (Fsp3) is 0.381. The van der Waals surface area contributed by atoms with Gasteiger partial charge in [-0.05, 0) is 18.6 Å². The van der Waals surface area contributed by atoms with Gasteiger partial charge in [0.2, 0.25) is 5.91 Å². The normalized spacial score (nSPS) is 22.5. The number of anilines is 1. The molecule has 5 rings (SSSR count). The van der Waals surface area contributed by atoms with Gasteiger partial charge in [0, 0.05) is 25.8 Å². The Kier molecular flexibility index (Phi) is 4.24. The lowest BCUT2D eigenvalue weighted by atomic mass is 10.1. The summed E-state index contributed by atoms with van der Waals surface area (Å²) in [5, 5.41) is 0.